The summed E-state index contributed by atoms with van der Waals surface area (Å²) in [5, 5.41) is 9.34. The molecular formula is C58H55N5O. The summed E-state index contributed by atoms with van der Waals surface area (Å²) in [4.78, 5) is 31.9. The number of allylic oxidation sites excluding steroid dienone is 2. The van der Waals surface area contributed by atoms with Crippen molar-refractivity contribution < 1.29 is 4.79 Å². The number of hydrogen-bond donors (Lipinski definition) is 3. The van der Waals surface area contributed by atoms with E-state index < -0.39 is 0 Å². The first kappa shape index (κ1) is 41.0. The van der Waals surface area contributed by atoms with Crippen LogP contribution < -0.4 is 16.0 Å². The van der Waals surface area contributed by atoms with E-state index in [1.807, 2.05) is 6.07 Å². The third kappa shape index (κ3) is 7.11. The zero-order valence-electron chi connectivity index (χ0n) is 38.5. The molecule has 318 valence electrons. The van der Waals surface area contributed by atoms with Gasteiger partial charge in [-0.15, -0.1) is 0 Å². The molecular weight excluding hydrogens is 783 g/mol. The first-order valence-electron chi connectivity index (χ1n) is 22.4. The zero-order chi connectivity index (χ0) is 44.9. The fourth-order valence-corrected chi connectivity index (χ4v) is 9.37. The van der Waals surface area contributed by atoms with Gasteiger partial charge in [0.15, 0.2) is 0 Å². The molecule has 2 aromatic heterocycles. The number of hydrogen-bond acceptors (Lipinski definition) is 3. The maximum absolute atomic E-state index is 13.1. The topological polar surface area (TPSA) is 85.4 Å². The Morgan fingerprint density at radius 3 is 1.81 bits per heavy atom. The summed E-state index contributed by atoms with van der Waals surface area (Å²) in [6, 6.07) is 41.7. The molecule has 0 aliphatic carbocycles. The fourth-order valence-electron chi connectivity index (χ4n) is 9.37. The number of nitrogens with zero attached hydrogens (tertiary/aromatic N) is 2. The van der Waals surface area contributed by atoms with E-state index in [0.717, 1.165) is 94.1 Å². The van der Waals surface area contributed by atoms with Crippen molar-refractivity contribution in [2.24, 2.45) is 9.98 Å². The fraction of sp³-hybridized carbons (Fsp3) is 0.224. The number of amides is 1. The Labute approximate surface area is 375 Å². The molecule has 10 rings (SSSR count). The van der Waals surface area contributed by atoms with Crippen molar-refractivity contribution in [3.8, 4) is 11.1 Å². The first-order chi connectivity index (χ1) is 30.4. The second kappa shape index (κ2) is 14.8. The van der Waals surface area contributed by atoms with Gasteiger partial charge >= 0.3 is 0 Å². The molecule has 0 spiro atoms. The minimum absolute atomic E-state index is 0.000208. The van der Waals surface area contributed by atoms with Crippen molar-refractivity contribution in [3.05, 3.63) is 199 Å². The van der Waals surface area contributed by atoms with Crippen LogP contribution in [0.5, 0.6) is 0 Å². The number of aromatic nitrogens is 2. The van der Waals surface area contributed by atoms with Crippen LogP contribution in [-0.4, -0.2) is 21.6 Å². The lowest BCUT2D eigenvalue weighted by Crippen LogP contribution is -2.16. The highest BCUT2D eigenvalue weighted by Crippen LogP contribution is 2.41. The van der Waals surface area contributed by atoms with Crippen LogP contribution in [0.15, 0.2) is 143 Å². The Morgan fingerprint density at radius 2 is 1.19 bits per heavy atom. The Kier molecular flexibility index (Phi) is 9.46. The molecule has 6 heteroatoms. The summed E-state index contributed by atoms with van der Waals surface area (Å²) in [6.45, 7) is 21.8. The predicted octanol–water partition coefficient (Wildman–Crippen LogP) is 12.4. The van der Waals surface area contributed by atoms with Gasteiger partial charge in [-0.2, -0.15) is 0 Å². The number of aliphatic imine (C=N–C) groups is 1. The maximum Gasteiger partial charge on any atom is 0.221 e. The van der Waals surface area contributed by atoms with Gasteiger partial charge in [0, 0.05) is 39.6 Å². The van der Waals surface area contributed by atoms with Gasteiger partial charge in [0.2, 0.25) is 5.91 Å². The minimum atomic E-state index is -0.161. The monoisotopic (exact) mass is 837 g/mol. The van der Waals surface area contributed by atoms with E-state index in [4.69, 9.17) is 9.98 Å². The molecule has 3 aliphatic rings. The van der Waals surface area contributed by atoms with Crippen LogP contribution in [0.3, 0.4) is 0 Å². The summed E-state index contributed by atoms with van der Waals surface area (Å²) in [7, 11) is 0. The normalized spacial score (nSPS) is 14.6. The maximum atomic E-state index is 13.1. The summed E-state index contributed by atoms with van der Waals surface area (Å²) in [5.41, 5.74) is 15.5. The van der Waals surface area contributed by atoms with E-state index in [0.29, 0.717) is 5.69 Å². The molecule has 5 heterocycles. The molecule has 0 saturated carbocycles. The van der Waals surface area contributed by atoms with E-state index in [1.165, 1.54) is 22.1 Å². The highest BCUT2D eigenvalue weighted by atomic mass is 16.1. The Balaban J connectivity index is 1.38. The van der Waals surface area contributed by atoms with Crippen LogP contribution in [-0.2, 0) is 21.0 Å². The number of rotatable bonds is 4. The molecule has 6 nitrogen and oxygen atoms in total. The van der Waals surface area contributed by atoms with Crippen LogP contribution in [0.2, 0.25) is 0 Å². The smallest absolute Gasteiger partial charge is 0.221 e. The highest BCUT2D eigenvalue weighted by Gasteiger charge is 2.27. The van der Waals surface area contributed by atoms with Gasteiger partial charge < -0.3 is 15.3 Å². The van der Waals surface area contributed by atoms with E-state index in [2.05, 4.69) is 205 Å². The third-order valence-corrected chi connectivity index (χ3v) is 12.9. The van der Waals surface area contributed by atoms with Crippen molar-refractivity contribution in [1.29, 1.82) is 0 Å². The largest absolute Gasteiger partial charge is 0.354 e. The molecule has 3 N–H and O–H groups in total. The lowest BCUT2D eigenvalue weighted by molar-refractivity contribution is -0.114. The van der Waals surface area contributed by atoms with Crippen molar-refractivity contribution in [2.75, 3.05) is 5.32 Å². The number of aromatic amines is 2. The number of benzene rings is 5. The van der Waals surface area contributed by atoms with Gasteiger partial charge in [0.1, 0.15) is 0 Å². The number of nitrogens with one attached hydrogen (secondary N) is 3. The van der Waals surface area contributed by atoms with Gasteiger partial charge in [-0.1, -0.05) is 153 Å². The van der Waals surface area contributed by atoms with Gasteiger partial charge in [-0.05, 0) is 108 Å². The summed E-state index contributed by atoms with van der Waals surface area (Å²) in [6.07, 6.45) is 6.45. The zero-order valence-corrected chi connectivity index (χ0v) is 38.5. The average Bonchev–Trinajstić information content (AvgIpc) is 4.08. The number of H-pyrrole nitrogens is 2. The molecule has 8 bridgehead atoms. The molecule has 7 aromatic rings. The average molecular weight is 838 g/mol. The van der Waals surface area contributed by atoms with Crippen LogP contribution in [0, 0.1) is 10.6 Å². The summed E-state index contributed by atoms with van der Waals surface area (Å²) < 4.78 is 0. The van der Waals surface area contributed by atoms with Crippen molar-refractivity contribution in [3.63, 3.8) is 0 Å². The first-order valence-corrected chi connectivity index (χ1v) is 22.4. The molecule has 0 fully saturated rings. The van der Waals surface area contributed by atoms with Gasteiger partial charge in [-0.25, -0.2) is 9.98 Å². The van der Waals surface area contributed by atoms with Crippen molar-refractivity contribution in [2.45, 2.75) is 85.5 Å². The molecule has 1 amide bonds. The van der Waals surface area contributed by atoms with E-state index in [1.54, 1.807) is 6.92 Å². The number of carbonyl (C=O) groups excluding carboxylic acids is 1. The molecule has 0 saturated heterocycles. The third-order valence-electron chi connectivity index (χ3n) is 12.9. The molecule has 0 radical (unpaired) electrons. The standard InChI is InChI=1S/C58H55N5O/c1-33(64)59-49-32-48-47-31-42-50(34-14-12-11-13-15-34)41-30-39(58(8,9)10)24-25-40(41)53(54(42)62-47)46-29-27-44(61-46)51(35-16-20-37(21-17-35)56(2,3)4)43-26-28-45(60-43)52(55(49)63-48)36-18-22-38(23-19-36)57(5,6)7/h11-32,61,63H,1-10H3,(H,59,64). The molecule has 0 unspecified atom stereocenters. The number of anilines is 1. The van der Waals surface area contributed by atoms with Crippen molar-refractivity contribution in [1.82, 2.24) is 9.97 Å². The second-order valence-electron chi connectivity index (χ2n) is 20.6. The van der Waals surface area contributed by atoms with Gasteiger partial charge in [0.25, 0.3) is 0 Å². The summed E-state index contributed by atoms with van der Waals surface area (Å²) in [5.74, 6) is -0.161. The lowest BCUT2D eigenvalue weighted by Gasteiger charge is -2.21. The van der Waals surface area contributed by atoms with Gasteiger partial charge in [-0.3, -0.25) is 4.79 Å². The Bertz CT molecular complexity index is 3440. The second-order valence-corrected chi connectivity index (χ2v) is 20.6. The molecule has 64 heavy (non-hydrogen) atoms. The lowest BCUT2D eigenvalue weighted by atomic mass is 9.83. The predicted molar refractivity (Wildman–Crippen MR) is 266 cm³/mol. The molecule has 3 aliphatic heterocycles. The van der Waals surface area contributed by atoms with Crippen LogP contribution in [0.4, 0.5) is 5.69 Å². The number of carbonyl (C=O) groups is 1. The number of fused-ring (bicyclic) bond motifs is 9. The van der Waals surface area contributed by atoms with Crippen LogP contribution in [0.1, 0.15) is 114 Å². The summed E-state index contributed by atoms with van der Waals surface area (Å²) >= 11 is 0. The highest BCUT2D eigenvalue weighted by molar-refractivity contribution is 6.30. The Hall–Kier alpha value is -7.05. The quantitative estimate of drug-likeness (QED) is 0.162. The molecule has 5 aromatic carbocycles. The van der Waals surface area contributed by atoms with Crippen LogP contribution >= 0.6 is 0 Å². The molecule has 0 atom stereocenters. The van der Waals surface area contributed by atoms with E-state index in [9.17, 15) is 4.79 Å². The minimum Gasteiger partial charge on any atom is -0.354 e. The van der Waals surface area contributed by atoms with Crippen LogP contribution in [0.25, 0.3) is 44.8 Å². The Morgan fingerprint density at radius 1 is 0.578 bits per heavy atom. The van der Waals surface area contributed by atoms with Crippen molar-refractivity contribution >= 4 is 51.0 Å². The van der Waals surface area contributed by atoms with E-state index in [-0.39, 0.29) is 22.2 Å². The van der Waals surface area contributed by atoms with Gasteiger partial charge in [0.05, 0.1) is 39.5 Å². The SMILES string of the molecule is CC(=O)Nc1cc2[nH]c1C(c1ccc(C(C)(C)C)cc1)=C1C=CC(=N1)C(c1ccc(C(C)(C)C)cc1)=c1ccc([nH]1)=c1c3c(c(-c4ccccc4)c4cc(C(C)(C)C)ccc14)C=C2N=3. The van der Waals surface area contributed by atoms with E-state index >= 15 is 0 Å².